The smallest absolute Gasteiger partial charge is 0.147 e. The van der Waals surface area contributed by atoms with E-state index in [1.54, 1.807) is 3.88 Å². The average Bonchev–Trinajstić information content (AvgIpc) is 2.61. The molecule has 0 saturated carbocycles. The summed E-state index contributed by atoms with van der Waals surface area (Å²) in [4.78, 5) is 0. The van der Waals surface area contributed by atoms with Crippen LogP contribution in [0.1, 0.15) is 54.0 Å². The van der Waals surface area contributed by atoms with Gasteiger partial charge in [0.25, 0.3) is 0 Å². The standard InChI is InChI=1S/C10H14O.C9H13.2CH3.2ClH.H3Si.Ti/c1-10(2,3)8-5-4-6-9(11)7-8;1-6-5-7(2)9(4)8(6)3;;;;;;/h4-7,11H,1-3H3;6H,1-4H3;2*1H3;2*1H;1H3;/q;;;;;;;+1/p-1. The van der Waals surface area contributed by atoms with Crippen LogP contribution in [-0.2, 0) is 20.4 Å². The molecule has 0 amide bonds. The largest absolute Gasteiger partial charge is 0.147 e. The van der Waals surface area contributed by atoms with Crippen molar-refractivity contribution in [3.05, 3.63) is 50.4 Å². The Morgan fingerprint density at radius 3 is 1.96 bits per heavy atom. The van der Waals surface area contributed by atoms with Gasteiger partial charge in [-0.1, -0.05) is 0 Å². The fourth-order valence-electron chi connectivity index (χ4n) is 4.23. The summed E-state index contributed by atoms with van der Waals surface area (Å²) in [6, 6.07) is 8.77. The molecular weight excluding hydrogens is 415 g/mol. The summed E-state index contributed by atoms with van der Waals surface area (Å²) in [6.45, 7) is 16.0. The number of benzene rings is 1. The predicted octanol–water partition coefficient (Wildman–Crippen LogP) is 6.45. The normalized spacial score (nSPS) is 19.6. The maximum Gasteiger partial charge on any atom is -0.147 e. The van der Waals surface area contributed by atoms with Crippen LogP contribution >= 0.6 is 24.8 Å². The molecule has 0 heterocycles. The number of halogens is 2. The van der Waals surface area contributed by atoms with Crippen LogP contribution in [0.15, 0.2) is 44.9 Å². The zero-order valence-corrected chi connectivity index (χ0v) is 23.3. The van der Waals surface area contributed by atoms with Crippen molar-refractivity contribution in [2.24, 2.45) is 5.92 Å². The van der Waals surface area contributed by atoms with E-state index in [-0.39, 0.29) is 30.2 Å². The Bertz CT molecular complexity index is 736. The Morgan fingerprint density at radius 1 is 1.00 bits per heavy atom. The van der Waals surface area contributed by atoms with E-state index < -0.39 is 14.9 Å². The molecule has 0 aliphatic heterocycles. The van der Waals surface area contributed by atoms with Crippen molar-refractivity contribution in [3.8, 4) is 5.75 Å². The molecule has 1 nitrogen and oxygen atoms in total. The zero-order valence-electron chi connectivity index (χ0n) is 18.1. The second kappa shape index (κ2) is 8.17. The molecule has 2 rings (SSSR count). The molecule has 1 unspecified atom stereocenters. The van der Waals surface area contributed by atoms with Gasteiger partial charge in [-0.3, -0.25) is 0 Å². The molecule has 1 aromatic rings. The van der Waals surface area contributed by atoms with Crippen molar-refractivity contribution in [3.63, 3.8) is 0 Å². The third-order valence-corrected chi connectivity index (χ3v) is 14.4. The molecule has 0 saturated heterocycles. The molecular formula is C21H37Cl2OSiTi. The van der Waals surface area contributed by atoms with Gasteiger partial charge in [-0.15, -0.1) is 24.8 Å². The molecule has 0 spiro atoms. The topological polar surface area (TPSA) is 9.23 Å². The van der Waals surface area contributed by atoms with Gasteiger partial charge in [-0.2, -0.15) is 0 Å². The summed E-state index contributed by atoms with van der Waals surface area (Å²) >= 11 is -3.10. The van der Waals surface area contributed by atoms with Gasteiger partial charge >= 0.3 is 153 Å². The monoisotopic (exact) mass is 451 g/mol. The third kappa shape index (κ3) is 5.08. The van der Waals surface area contributed by atoms with Crippen LogP contribution in [0.25, 0.3) is 0 Å². The number of hydrogen-bond donors (Lipinski definition) is 0. The van der Waals surface area contributed by atoms with Crippen LogP contribution in [0.2, 0.25) is 10.5 Å². The molecule has 1 aromatic carbocycles. The van der Waals surface area contributed by atoms with Gasteiger partial charge in [0.1, 0.15) is 0 Å². The molecule has 0 radical (unpaired) electrons. The molecule has 1 atom stereocenters. The van der Waals surface area contributed by atoms with E-state index in [1.165, 1.54) is 22.3 Å². The van der Waals surface area contributed by atoms with Crippen molar-refractivity contribution in [2.75, 3.05) is 0 Å². The van der Waals surface area contributed by atoms with E-state index in [9.17, 15) is 0 Å². The first kappa shape index (κ1) is 26.0. The third-order valence-electron chi connectivity index (χ3n) is 5.73. The average molecular weight is 452 g/mol. The summed E-state index contributed by atoms with van der Waals surface area (Å²) in [5, 5.41) is 4.93. The first-order valence-electron chi connectivity index (χ1n) is 9.13. The summed E-state index contributed by atoms with van der Waals surface area (Å²) in [7, 11) is 1.12. The molecule has 0 fully saturated rings. The number of hydrogen-bond acceptors (Lipinski definition) is 1. The van der Waals surface area contributed by atoms with E-state index in [2.05, 4.69) is 83.2 Å². The van der Waals surface area contributed by atoms with Gasteiger partial charge in [0.2, 0.25) is 0 Å². The number of rotatable bonds is 3. The van der Waals surface area contributed by atoms with E-state index in [0.717, 1.165) is 13.9 Å². The Hall–Kier alpha value is 0.0112. The maximum atomic E-state index is 6.92. The van der Waals surface area contributed by atoms with Gasteiger partial charge < -0.3 is 0 Å². The minimum absolute atomic E-state index is 0. The zero-order chi connectivity index (χ0) is 18.5. The summed E-state index contributed by atoms with van der Waals surface area (Å²) in [6.07, 6.45) is 0. The van der Waals surface area contributed by atoms with E-state index in [4.69, 9.17) is 3.32 Å². The molecule has 1 aliphatic carbocycles. The van der Waals surface area contributed by atoms with Crippen molar-refractivity contribution in [2.45, 2.75) is 64.3 Å². The molecule has 1 aliphatic rings. The molecule has 0 aromatic heterocycles. The van der Waals surface area contributed by atoms with Gasteiger partial charge in [0, 0.05) is 0 Å². The Kier molecular flexibility index (Phi) is 8.17. The second-order valence-electron chi connectivity index (χ2n) is 9.91. The SMILES string of the molecule is CC1=C(C)C(C)[C]([Ti]([CH3])([CH3])([SiH3])[O]c2cccc(C(C)(C)C)c2)=C1C.Cl.Cl. The van der Waals surface area contributed by atoms with Gasteiger partial charge in [0.05, 0.1) is 0 Å². The Morgan fingerprint density at radius 2 is 1.54 bits per heavy atom. The van der Waals surface area contributed by atoms with Crippen molar-refractivity contribution in [1.29, 1.82) is 0 Å². The minimum Gasteiger partial charge on any atom is -0.147 e. The minimum atomic E-state index is -3.10. The van der Waals surface area contributed by atoms with E-state index >= 15 is 0 Å². The molecule has 5 heteroatoms. The van der Waals surface area contributed by atoms with Crippen LogP contribution in [0.5, 0.6) is 5.75 Å². The van der Waals surface area contributed by atoms with Crippen molar-refractivity contribution >= 4 is 32.9 Å². The fraction of sp³-hybridized carbons (Fsp3) is 0.524. The molecule has 0 bridgehead atoms. The first-order valence-corrected chi connectivity index (χ1v) is 19.4. The van der Waals surface area contributed by atoms with Crippen LogP contribution < -0.4 is 3.32 Å². The van der Waals surface area contributed by atoms with Crippen LogP contribution in [0, 0.1) is 5.92 Å². The van der Waals surface area contributed by atoms with Crippen molar-refractivity contribution < 1.29 is 18.3 Å². The van der Waals surface area contributed by atoms with Gasteiger partial charge in [0.15, 0.2) is 0 Å². The molecule has 26 heavy (non-hydrogen) atoms. The van der Waals surface area contributed by atoms with Gasteiger partial charge in [-0.25, -0.2) is 0 Å². The summed E-state index contributed by atoms with van der Waals surface area (Å²) in [5.74, 6) is 1.61. The van der Waals surface area contributed by atoms with E-state index in [0.29, 0.717) is 5.92 Å². The maximum absolute atomic E-state index is 6.92. The Balaban J connectivity index is 0.00000312. The van der Waals surface area contributed by atoms with E-state index in [1.807, 2.05) is 0 Å². The first-order chi connectivity index (χ1) is 10.7. The quantitative estimate of drug-likeness (QED) is 0.479. The second-order valence-corrected chi connectivity index (χ2v) is 32.3. The van der Waals surface area contributed by atoms with Crippen LogP contribution in [0.4, 0.5) is 0 Å². The summed E-state index contributed by atoms with van der Waals surface area (Å²) < 4.78 is 8.56. The number of allylic oxidation sites excluding steroid dienone is 4. The summed E-state index contributed by atoms with van der Waals surface area (Å²) in [5.41, 5.74) is 6.02. The molecule has 0 N–H and O–H groups in total. The Labute approximate surface area is 176 Å². The molecule has 149 valence electrons. The van der Waals surface area contributed by atoms with Crippen LogP contribution in [0.3, 0.4) is 0 Å². The predicted molar refractivity (Wildman–Crippen MR) is 122 cm³/mol. The fourth-order valence-corrected chi connectivity index (χ4v) is 15.1. The van der Waals surface area contributed by atoms with Crippen molar-refractivity contribution in [1.82, 2.24) is 0 Å². The van der Waals surface area contributed by atoms with Gasteiger partial charge in [-0.05, 0) is 0 Å². The van der Waals surface area contributed by atoms with Crippen LogP contribution in [-0.4, -0.2) is 8.11 Å².